The molecule has 2 aliphatic rings. The Kier molecular flexibility index (Phi) is 17.6. The molecule has 0 aromatic heterocycles. The van der Waals surface area contributed by atoms with Gasteiger partial charge in [0.1, 0.15) is 47.8 Å². The number of carboxylic acid groups (broad SMARTS) is 2. The van der Waals surface area contributed by atoms with Crippen molar-refractivity contribution >= 4 is 11.9 Å². The lowest BCUT2D eigenvalue weighted by atomic mass is 9.75. The lowest BCUT2D eigenvalue weighted by Gasteiger charge is -2.30. The monoisotopic (exact) mass is 1010 g/mol. The number of halogens is 2. The molecule has 8 rings (SSSR count). The van der Waals surface area contributed by atoms with Gasteiger partial charge in [-0.25, -0.2) is 8.78 Å². The number of hydrogen-bond donors (Lipinski definition) is 2. The Morgan fingerprint density at radius 1 is 0.514 bits per heavy atom. The largest absolute Gasteiger partial charge is 0.497 e. The summed E-state index contributed by atoms with van der Waals surface area (Å²) < 4.78 is 52.9. The van der Waals surface area contributed by atoms with E-state index in [0.29, 0.717) is 47.7 Å². The van der Waals surface area contributed by atoms with Crippen molar-refractivity contribution in [3.63, 3.8) is 0 Å². The molecule has 4 atom stereocenters. The maximum atomic E-state index is 14.9. The second-order valence-electron chi connectivity index (χ2n) is 22.5. The van der Waals surface area contributed by atoms with Gasteiger partial charge in [0, 0.05) is 11.1 Å². The molecule has 2 N–H and O–H groups in total. The zero-order valence-electron chi connectivity index (χ0n) is 44.8. The lowest BCUT2D eigenvalue weighted by molar-refractivity contribution is -0.138. The normalized spacial score (nSPS) is 15.2. The number of hydrogen-bond acceptors (Lipinski definition) is 6. The average Bonchev–Trinajstić information content (AvgIpc) is 4.32. The van der Waals surface area contributed by atoms with Crippen LogP contribution in [0.4, 0.5) is 8.78 Å². The van der Waals surface area contributed by atoms with Crippen molar-refractivity contribution in [2.24, 2.45) is 22.7 Å². The van der Waals surface area contributed by atoms with Crippen LogP contribution in [-0.2, 0) is 22.8 Å². The molecule has 2 fully saturated rings. The van der Waals surface area contributed by atoms with Crippen molar-refractivity contribution in [3.05, 3.63) is 166 Å². The first-order valence-electron chi connectivity index (χ1n) is 26.0. The van der Waals surface area contributed by atoms with Crippen LogP contribution >= 0.6 is 0 Å². The molecule has 0 bridgehead atoms. The minimum atomic E-state index is -0.767. The van der Waals surface area contributed by atoms with Crippen LogP contribution in [0.3, 0.4) is 0 Å². The van der Waals surface area contributed by atoms with E-state index >= 15 is 0 Å². The fourth-order valence-corrected chi connectivity index (χ4v) is 9.71. The molecule has 0 radical (unpaired) electrons. The van der Waals surface area contributed by atoms with Crippen molar-refractivity contribution in [2.45, 2.75) is 131 Å². The van der Waals surface area contributed by atoms with Gasteiger partial charge < -0.3 is 29.2 Å². The van der Waals surface area contributed by atoms with Gasteiger partial charge >= 0.3 is 11.9 Å². The summed E-state index contributed by atoms with van der Waals surface area (Å²) in [4.78, 5) is 22.8. The Hall–Kier alpha value is -6.68. The number of aliphatic carboxylic acids is 2. The van der Waals surface area contributed by atoms with Gasteiger partial charge in [-0.2, -0.15) is 0 Å². The van der Waals surface area contributed by atoms with Gasteiger partial charge in [-0.05, 0) is 177 Å². The predicted octanol–water partition coefficient (Wildman–Crippen LogP) is 16.4. The van der Waals surface area contributed by atoms with E-state index < -0.39 is 11.9 Å². The predicted molar refractivity (Wildman–Crippen MR) is 289 cm³/mol. The Morgan fingerprint density at radius 3 is 1.22 bits per heavy atom. The number of benzene rings is 6. The maximum Gasteiger partial charge on any atom is 0.303 e. The molecule has 8 nitrogen and oxygen atoms in total. The van der Waals surface area contributed by atoms with E-state index in [1.807, 2.05) is 72.8 Å². The highest BCUT2D eigenvalue weighted by Gasteiger charge is 2.35. The fourth-order valence-electron chi connectivity index (χ4n) is 9.71. The van der Waals surface area contributed by atoms with E-state index in [4.69, 9.17) is 18.9 Å². The number of ether oxygens (including phenoxy) is 4. The van der Waals surface area contributed by atoms with Crippen LogP contribution in [0.15, 0.2) is 121 Å². The van der Waals surface area contributed by atoms with Gasteiger partial charge in [0.05, 0.1) is 27.1 Å². The highest BCUT2D eigenvalue weighted by atomic mass is 19.1. The third-order valence-electron chi connectivity index (χ3n) is 15.2. The van der Waals surface area contributed by atoms with Gasteiger partial charge in [0.25, 0.3) is 0 Å². The topological polar surface area (TPSA) is 112 Å². The van der Waals surface area contributed by atoms with E-state index in [2.05, 4.69) is 67.5 Å². The van der Waals surface area contributed by atoms with Crippen molar-refractivity contribution in [1.29, 1.82) is 0 Å². The number of methoxy groups -OCH3 is 2. The summed E-state index contributed by atoms with van der Waals surface area (Å²) in [7, 11) is 3.17. The molecule has 0 heterocycles. The SMILES string of the molecule is COc1ccc(F)c(-c2ccc(COc3cccc([C@H](CC(=O)O)C4CC4)c3)cc2[C@@H](C)C(C)(C)C)c1.COc1ccc(F)c(-c2ccc(COc3cccc([C@H](CC(=O)O)C4CC4)c3)cc2[C@H](C)C(C)(C)C)c1. The van der Waals surface area contributed by atoms with Crippen molar-refractivity contribution in [2.75, 3.05) is 14.2 Å². The summed E-state index contributed by atoms with van der Waals surface area (Å²) in [6.45, 7) is 18.2. The summed E-state index contributed by atoms with van der Waals surface area (Å²) in [6.07, 6.45) is 4.61. The molecule has 0 unspecified atom stereocenters. The van der Waals surface area contributed by atoms with Crippen LogP contribution in [0.25, 0.3) is 22.3 Å². The molecule has 392 valence electrons. The quantitative estimate of drug-likeness (QED) is 0.0778. The number of carboxylic acids is 2. The van der Waals surface area contributed by atoms with E-state index in [1.54, 1.807) is 38.5 Å². The summed E-state index contributed by atoms with van der Waals surface area (Å²) in [5.41, 5.74) is 8.85. The molecule has 0 saturated heterocycles. The van der Waals surface area contributed by atoms with Gasteiger partial charge in [0.15, 0.2) is 0 Å². The molecule has 6 aromatic carbocycles. The molecule has 6 aromatic rings. The van der Waals surface area contributed by atoms with Gasteiger partial charge in [-0.15, -0.1) is 0 Å². The first-order chi connectivity index (χ1) is 35.1. The Bertz CT molecular complexity index is 2710. The molecule has 74 heavy (non-hydrogen) atoms. The summed E-state index contributed by atoms with van der Waals surface area (Å²) in [5, 5.41) is 18.7. The van der Waals surface area contributed by atoms with Crippen LogP contribution in [0.5, 0.6) is 23.0 Å². The van der Waals surface area contributed by atoms with E-state index in [-0.39, 0.29) is 59.0 Å². The molecular formula is C64H74F2O8. The van der Waals surface area contributed by atoms with E-state index in [0.717, 1.165) is 81.7 Å². The first-order valence-corrected chi connectivity index (χ1v) is 26.0. The minimum absolute atomic E-state index is 0.0253. The summed E-state index contributed by atoms with van der Waals surface area (Å²) >= 11 is 0. The molecule has 2 saturated carbocycles. The van der Waals surface area contributed by atoms with Crippen LogP contribution in [-0.4, -0.2) is 36.4 Å². The van der Waals surface area contributed by atoms with Gasteiger partial charge in [-0.3, -0.25) is 9.59 Å². The van der Waals surface area contributed by atoms with E-state index in [9.17, 15) is 28.6 Å². The highest BCUT2D eigenvalue weighted by Crippen LogP contribution is 2.47. The maximum absolute atomic E-state index is 14.9. The number of rotatable bonds is 20. The highest BCUT2D eigenvalue weighted by molar-refractivity contribution is 5.72. The third kappa shape index (κ3) is 14.3. The average molecular weight is 1010 g/mol. The minimum Gasteiger partial charge on any atom is -0.497 e. The summed E-state index contributed by atoms with van der Waals surface area (Å²) in [5.74, 6) is 1.83. The molecular weight excluding hydrogens is 935 g/mol. The van der Waals surface area contributed by atoms with Crippen molar-refractivity contribution < 1.29 is 47.5 Å². The summed E-state index contributed by atoms with van der Waals surface area (Å²) in [6, 6.07) is 37.4. The Labute approximate surface area is 437 Å². The molecule has 0 aliphatic heterocycles. The van der Waals surface area contributed by atoms with Gasteiger partial charge in [0.2, 0.25) is 0 Å². The van der Waals surface area contributed by atoms with E-state index in [1.165, 1.54) is 12.1 Å². The smallest absolute Gasteiger partial charge is 0.303 e. The van der Waals surface area contributed by atoms with Crippen LogP contribution in [0.2, 0.25) is 0 Å². The molecule has 0 amide bonds. The second kappa shape index (κ2) is 23.7. The third-order valence-corrected chi connectivity index (χ3v) is 15.2. The van der Waals surface area contributed by atoms with Gasteiger partial charge in [-0.1, -0.05) is 116 Å². The van der Waals surface area contributed by atoms with Crippen LogP contribution in [0.1, 0.15) is 151 Å². The van der Waals surface area contributed by atoms with Crippen molar-refractivity contribution in [3.8, 4) is 45.3 Å². The van der Waals surface area contributed by atoms with Crippen molar-refractivity contribution in [1.82, 2.24) is 0 Å². The van der Waals surface area contributed by atoms with Crippen LogP contribution < -0.4 is 18.9 Å². The zero-order valence-corrected chi connectivity index (χ0v) is 44.8. The fraction of sp³-hybridized carbons (Fsp3) is 0.406. The Balaban J connectivity index is 0.000000216. The first kappa shape index (κ1) is 55.1. The number of carbonyl (C=O) groups is 2. The second-order valence-corrected chi connectivity index (χ2v) is 22.5. The molecule has 10 heteroatoms. The van der Waals surface area contributed by atoms with Crippen LogP contribution in [0, 0.1) is 34.3 Å². The zero-order chi connectivity index (χ0) is 53.5. The molecule has 2 aliphatic carbocycles. The standard InChI is InChI=1S/2C32H37FO4/c2*1-20(32(2,3)4)27-15-21(9-13-26(27)29-17-24(36-5)12-14-30(29)33)19-37-25-8-6-7-23(16-25)28(18-31(34)35)22-10-11-22/h2*6-9,12-17,20,22,28H,10-11,18-19H2,1-5H3,(H,34,35)/t20-,28+;20-,28-/m01/s1. The lowest BCUT2D eigenvalue weighted by Crippen LogP contribution is -2.16. The molecule has 0 spiro atoms. The Morgan fingerprint density at radius 2 is 0.892 bits per heavy atom.